The van der Waals surface area contributed by atoms with E-state index in [0.29, 0.717) is 20.8 Å². The minimum absolute atomic E-state index is 0.0316. The highest BCUT2D eigenvalue weighted by Gasteiger charge is 2.31. The fraction of sp³-hybridized carbons (Fsp3) is 0.111. The van der Waals surface area contributed by atoms with E-state index in [1.54, 1.807) is 4.90 Å². The molecule has 0 radical (unpaired) electrons. The third-order valence-electron chi connectivity index (χ3n) is 3.49. The predicted molar refractivity (Wildman–Crippen MR) is 101 cm³/mol. The van der Waals surface area contributed by atoms with Crippen molar-refractivity contribution in [3.05, 3.63) is 75.7 Å². The van der Waals surface area contributed by atoms with Gasteiger partial charge in [0.25, 0.3) is 5.91 Å². The van der Waals surface area contributed by atoms with Crippen molar-refractivity contribution in [1.29, 1.82) is 0 Å². The summed E-state index contributed by atoms with van der Waals surface area (Å²) in [6, 6.07) is 17.5. The molecular formula is C18H14ClNOS2. The van der Waals surface area contributed by atoms with Gasteiger partial charge in [0, 0.05) is 11.6 Å². The van der Waals surface area contributed by atoms with Gasteiger partial charge in [0.1, 0.15) is 4.32 Å². The van der Waals surface area contributed by atoms with Gasteiger partial charge in [0.05, 0.1) is 4.91 Å². The minimum Gasteiger partial charge on any atom is -0.293 e. The van der Waals surface area contributed by atoms with Gasteiger partial charge < -0.3 is 0 Å². The van der Waals surface area contributed by atoms with E-state index in [4.69, 9.17) is 23.8 Å². The summed E-state index contributed by atoms with van der Waals surface area (Å²) >= 11 is 12.7. The van der Waals surface area contributed by atoms with E-state index in [0.717, 1.165) is 12.0 Å². The number of halogens is 1. The minimum atomic E-state index is -0.0316. The zero-order valence-electron chi connectivity index (χ0n) is 12.2. The van der Waals surface area contributed by atoms with Gasteiger partial charge in [-0.05, 0) is 35.8 Å². The first-order valence-corrected chi connectivity index (χ1v) is 8.78. The molecular weight excluding hydrogens is 346 g/mol. The second-order valence-electron chi connectivity index (χ2n) is 5.12. The number of nitrogens with zero attached hydrogens (tertiary/aromatic N) is 1. The molecule has 1 saturated heterocycles. The Morgan fingerprint density at radius 1 is 1.13 bits per heavy atom. The van der Waals surface area contributed by atoms with E-state index in [1.165, 1.54) is 17.3 Å². The standard InChI is InChI=1S/C18H14ClNOS2/c19-15-8-4-7-14(11-15)12-16-17(21)20(18(22)23-16)10-9-13-5-2-1-3-6-13/h1-8,11-12H,9-10H2/b16-12-. The monoisotopic (exact) mass is 359 g/mol. The van der Waals surface area contributed by atoms with Gasteiger partial charge in [-0.15, -0.1) is 0 Å². The summed E-state index contributed by atoms with van der Waals surface area (Å²) in [6.45, 7) is 0.599. The third-order valence-corrected chi connectivity index (χ3v) is 5.10. The Labute approximate surface area is 150 Å². The summed E-state index contributed by atoms with van der Waals surface area (Å²) in [4.78, 5) is 14.9. The van der Waals surface area contributed by atoms with Crippen LogP contribution in [0.4, 0.5) is 0 Å². The van der Waals surface area contributed by atoms with Gasteiger partial charge in [0.2, 0.25) is 0 Å². The van der Waals surface area contributed by atoms with Crippen molar-refractivity contribution in [3.8, 4) is 0 Å². The van der Waals surface area contributed by atoms with Crippen LogP contribution in [-0.2, 0) is 11.2 Å². The quantitative estimate of drug-likeness (QED) is 0.578. The smallest absolute Gasteiger partial charge is 0.266 e. The van der Waals surface area contributed by atoms with Crippen LogP contribution in [0.3, 0.4) is 0 Å². The molecule has 1 heterocycles. The maximum Gasteiger partial charge on any atom is 0.266 e. The Kier molecular flexibility index (Phi) is 5.16. The van der Waals surface area contributed by atoms with Crippen LogP contribution in [0.5, 0.6) is 0 Å². The second-order valence-corrected chi connectivity index (χ2v) is 7.24. The average Bonchev–Trinajstić information content (AvgIpc) is 2.80. The van der Waals surface area contributed by atoms with E-state index >= 15 is 0 Å². The lowest BCUT2D eigenvalue weighted by Gasteiger charge is -2.14. The highest BCUT2D eigenvalue weighted by atomic mass is 35.5. The van der Waals surface area contributed by atoms with Crippen molar-refractivity contribution in [1.82, 2.24) is 4.90 Å². The fourth-order valence-electron chi connectivity index (χ4n) is 2.33. The van der Waals surface area contributed by atoms with Gasteiger partial charge >= 0.3 is 0 Å². The van der Waals surface area contributed by atoms with E-state index in [1.807, 2.05) is 48.5 Å². The van der Waals surface area contributed by atoms with Crippen molar-refractivity contribution < 1.29 is 4.79 Å². The molecule has 0 bridgehead atoms. The number of hydrogen-bond acceptors (Lipinski definition) is 3. The summed E-state index contributed by atoms with van der Waals surface area (Å²) in [5.74, 6) is -0.0316. The maximum atomic E-state index is 12.5. The normalized spacial score (nSPS) is 16.4. The number of benzene rings is 2. The molecule has 3 rings (SSSR count). The average molecular weight is 360 g/mol. The van der Waals surface area contributed by atoms with Gasteiger partial charge in [-0.2, -0.15) is 0 Å². The summed E-state index contributed by atoms with van der Waals surface area (Å²) < 4.78 is 0.610. The first kappa shape index (κ1) is 16.2. The molecule has 0 atom stereocenters. The highest BCUT2D eigenvalue weighted by Crippen LogP contribution is 2.32. The van der Waals surface area contributed by atoms with Crippen LogP contribution in [0.15, 0.2) is 59.5 Å². The van der Waals surface area contributed by atoms with E-state index in [-0.39, 0.29) is 5.91 Å². The first-order valence-electron chi connectivity index (χ1n) is 7.18. The summed E-state index contributed by atoms with van der Waals surface area (Å²) in [5, 5.41) is 0.651. The molecule has 0 N–H and O–H groups in total. The number of rotatable bonds is 4. The van der Waals surface area contributed by atoms with E-state index in [9.17, 15) is 4.79 Å². The van der Waals surface area contributed by atoms with Crippen LogP contribution < -0.4 is 0 Å². The number of thiocarbonyl (C=S) groups is 1. The topological polar surface area (TPSA) is 20.3 Å². The lowest BCUT2D eigenvalue weighted by atomic mass is 10.1. The Hall–Kier alpha value is -1.62. The van der Waals surface area contributed by atoms with Crippen molar-refractivity contribution in [2.24, 2.45) is 0 Å². The largest absolute Gasteiger partial charge is 0.293 e. The molecule has 116 valence electrons. The summed E-state index contributed by atoms with van der Waals surface area (Å²) in [5.41, 5.74) is 2.10. The highest BCUT2D eigenvalue weighted by molar-refractivity contribution is 8.26. The molecule has 0 aliphatic carbocycles. The Morgan fingerprint density at radius 3 is 2.65 bits per heavy atom. The Morgan fingerprint density at radius 2 is 1.91 bits per heavy atom. The number of carbonyl (C=O) groups excluding carboxylic acids is 1. The summed E-state index contributed by atoms with van der Waals surface area (Å²) in [6.07, 6.45) is 2.63. The van der Waals surface area contributed by atoms with Crippen LogP contribution in [0.1, 0.15) is 11.1 Å². The SMILES string of the molecule is O=C1/C(=C/c2cccc(Cl)c2)SC(=S)N1CCc1ccccc1. The molecule has 1 fully saturated rings. The third kappa shape index (κ3) is 4.02. The van der Waals surface area contributed by atoms with Crippen LogP contribution in [0.2, 0.25) is 5.02 Å². The van der Waals surface area contributed by atoms with Gasteiger partial charge in [0.15, 0.2) is 0 Å². The van der Waals surface area contributed by atoms with Crippen LogP contribution >= 0.6 is 35.6 Å². The molecule has 0 spiro atoms. The maximum absolute atomic E-state index is 12.5. The molecule has 1 aliphatic rings. The zero-order chi connectivity index (χ0) is 16.2. The molecule has 5 heteroatoms. The zero-order valence-corrected chi connectivity index (χ0v) is 14.6. The van der Waals surface area contributed by atoms with Gasteiger partial charge in [-0.25, -0.2) is 0 Å². The number of carbonyl (C=O) groups is 1. The number of amides is 1. The second kappa shape index (κ2) is 7.30. The van der Waals surface area contributed by atoms with Crippen molar-refractivity contribution in [2.45, 2.75) is 6.42 Å². The molecule has 0 saturated carbocycles. The number of hydrogen-bond donors (Lipinski definition) is 0. The Balaban J connectivity index is 1.72. The molecule has 2 nitrogen and oxygen atoms in total. The first-order chi connectivity index (χ1) is 11.1. The van der Waals surface area contributed by atoms with Crippen molar-refractivity contribution in [2.75, 3.05) is 6.54 Å². The molecule has 0 unspecified atom stereocenters. The lowest BCUT2D eigenvalue weighted by Crippen LogP contribution is -2.30. The van der Waals surface area contributed by atoms with Crippen molar-refractivity contribution >= 4 is 51.9 Å². The Bertz CT molecular complexity index is 774. The van der Waals surface area contributed by atoms with Crippen LogP contribution in [-0.4, -0.2) is 21.7 Å². The molecule has 0 aromatic heterocycles. The molecule has 2 aromatic rings. The van der Waals surface area contributed by atoms with Crippen LogP contribution in [0, 0.1) is 0 Å². The summed E-state index contributed by atoms with van der Waals surface area (Å²) in [7, 11) is 0. The van der Waals surface area contributed by atoms with E-state index < -0.39 is 0 Å². The van der Waals surface area contributed by atoms with Gasteiger partial charge in [-0.3, -0.25) is 9.69 Å². The van der Waals surface area contributed by atoms with Gasteiger partial charge in [-0.1, -0.05) is 78.0 Å². The van der Waals surface area contributed by atoms with E-state index in [2.05, 4.69) is 12.1 Å². The molecule has 2 aromatic carbocycles. The lowest BCUT2D eigenvalue weighted by molar-refractivity contribution is -0.122. The van der Waals surface area contributed by atoms with Crippen LogP contribution in [0.25, 0.3) is 6.08 Å². The van der Waals surface area contributed by atoms with Crippen molar-refractivity contribution in [3.63, 3.8) is 0 Å². The molecule has 23 heavy (non-hydrogen) atoms. The molecule has 1 aliphatic heterocycles. The number of thioether (sulfide) groups is 1. The predicted octanol–water partition coefficient (Wildman–Crippen LogP) is 4.78. The molecule has 1 amide bonds. The fourth-order valence-corrected chi connectivity index (χ4v) is 3.83.